The SMILES string of the molecule is Cc1cc2oc(=O)cc(CN[C@@H](c3ccccc3)c3cccs3)c2cc1Cl. The van der Waals surface area contributed by atoms with Gasteiger partial charge in [0.05, 0.1) is 6.04 Å². The third-order valence-corrected chi connectivity index (χ3v) is 5.91. The Morgan fingerprint density at radius 2 is 1.93 bits per heavy atom. The quantitative estimate of drug-likeness (QED) is 0.441. The summed E-state index contributed by atoms with van der Waals surface area (Å²) < 4.78 is 5.36. The van der Waals surface area contributed by atoms with Gasteiger partial charge in [0.25, 0.3) is 0 Å². The Kier molecular flexibility index (Phi) is 5.12. The first-order chi connectivity index (χ1) is 13.1. The largest absolute Gasteiger partial charge is 0.423 e. The molecule has 2 aromatic carbocycles. The molecule has 0 bridgehead atoms. The third-order valence-electron chi connectivity index (χ3n) is 4.57. The molecule has 0 spiro atoms. The second-order valence-corrected chi connectivity index (χ2v) is 7.81. The Morgan fingerprint density at radius 1 is 1.11 bits per heavy atom. The van der Waals surface area contributed by atoms with Crippen LogP contribution >= 0.6 is 22.9 Å². The highest BCUT2D eigenvalue weighted by molar-refractivity contribution is 7.10. The lowest BCUT2D eigenvalue weighted by Crippen LogP contribution is -2.22. The van der Waals surface area contributed by atoms with Gasteiger partial charge in [0.15, 0.2) is 0 Å². The molecule has 0 aliphatic heterocycles. The fourth-order valence-electron chi connectivity index (χ4n) is 3.19. The fraction of sp³-hybridized carbons (Fsp3) is 0.136. The van der Waals surface area contributed by atoms with E-state index in [0.29, 0.717) is 17.2 Å². The third kappa shape index (κ3) is 3.83. The maximum atomic E-state index is 12.0. The minimum absolute atomic E-state index is 0.0504. The second kappa shape index (κ2) is 7.69. The summed E-state index contributed by atoms with van der Waals surface area (Å²) in [6.45, 7) is 2.42. The summed E-state index contributed by atoms with van der Waals surface area (Å²) >= 11 is 8.01. The van der Waals surface area contributed by atoms with Crippen molar-refractivity contribution in [1.82, 2.24) is 5.32 Å². The van der Waals surface area contributed by atoms with E-state index in [2.05, 4.69) is 28.9 Å². The first kappa shape index (κ1) is 18.0. The van der Waals surface area contributed by atoms with Gasteiger partial charge in [-0.25, -0.2) is 4.79 Å². The molecular weight excluding hydrogens is 378 g/mol. The number of hydrogen-bond acceptors (Lipinski definition) is 4. The van der Waals surface area contributed by atoms with Crippen LogP contribution in [0.2, 0.25) is 5.02 Å². The maximum Gasteiger partial charge on any atom is 0.336 e. The summed E-state index contributed by atoms with van der Waals surface area (Å²) in [5.41, 5.74) is 3.15. The molecule has 0 saturated heterocycles. The standard InChI is InChI=1S/C22H18ClNO2S/c1-14-10-19-17(12-18(14)23)16(11-21(25)26-19)13-24-22(20-8-5-9-27-20)15-6-3-2-4-7-15/h2-12,22,24H,13H2,1H3/t22-/m0/s1. The van der Waals surface area contributed by atoms with Gasteiger partial charge in [0.1, 0.15) is 5.58 Å². The normalized spacial score (nSPS) is 12.4. The molecule has 2 aromatic heterocycles. The molecule has 0 radical (unpaired) electrons. The number of aryl methyl sites for hydroxylation is 1. The van der Waals surface area contributed by atoms with Gasteiger partial charge in [-0.1, -0.05) is 48.0 Å². The summed E-state index contributed by atoms with van der Waals surface area (Å²) in [5, 5.41) is 7.19. The molecule has 0 aliphatic carbocycles. The molecule has 4 aromatic rings. The molecule has 136 valence electrons. The van der Waals surface area contributed by atoms with Crippen LogP contribution < -0.4 is 10.9 Å². The van der Waals surface area contributed by atoms with E-state index in [1.54, 1.807) is 11.3 Å². The Labute approximate surface area is 166 Å². The van der Waals surface area contributed by atoms with Crippen LogP contribution in [0.4, 0.5) is 0 Å². The summed E-state index contributed by atoms with van der Waals surface area (Å²) in [7, 11) is 0. The van der Waals surface area contributed by atoms with Crippen LogP contribution in [0, 0.1) is 6.92 Å². The summed E-state index contributed by atoms with van der Waals surface area (Å²) in [4.78, 5) is 13.2. The number of halogens is 1. The zero-order valence-corrected chi connectivity index (χ0v) is 16.3. The van der Waals surface area contributed by atoms with Crippen molar-refractivity contribution in [3.63, 3.8) is 0 Å². The zero-order chi connectivity index (χ0) is 18.8. The number of rotatable bonds is 5. The monoisotopic (exact) mass is 395 g/mol. The van der Waals surface area contributed by atoms with Gasteiger partial charge in [-0.3, -0.25) is 0 Å². The van der Waals surface area contributed by atoms with Crippen LogP contribution in [0.5, 0.6) is 0 Å². The predicted octanol–water partition coefficient (Wildman–Crippen LogP) is 5.70. The molecule has 3 nitrogen and oxygen atoms in total. The van der Waals surface area contributed by atoms with Crippen LogP contribution in [0.1, 0.15) is 27.6 Å². The van der Waals surface area contributed by atoms with E-state index in [1.165, 1.54) is 16.5 Å². The van der Waals surface area contributed by atoms with E-state index < -0.39 is 0 Å². The minimum atomic E-state index is -0.353. The molecule has 5 heteroatoms. The summed E-state index contributed by atoms with van der Waals surface area (Å²) in [6, 6.07) is 19.7. The van der Waals surface area contributed by atoms with Crippen LogP contribution in [0.3, 0.4) is 0 Å². The first-order valence-corrected chi connectivity index (χ1v) is 9.92. The van der Waals surface area contributed by atoms with E-state index >= 15 is 0 Å². The maximum absolute atomic E-state index is 12.0. The average molecular weight is 396 g/mol. The van der Waals surface area contributed by atoms with Gasteiger partial charge in [0, 0.05) is 27.9 Å². The van der Waals surface area contributed by atoms with Crippen molar-refractivity contribution in [3.8, 4) is 0 Å². The van der Waals surface area contributed by atoms with Crippen molar-refractivity contribution in [2.24, 2.45) is 0 Å². The average Bonchev–Trinajstić information content (AvgIpc) is 3.19. The molecule has 1 atom stereocenters. The van der Waals surface area contributed by atoms with Gasteiger partial charge in [-0.15, -0.1) is 11.3 Å². The lowest BCUT2D eigenvalue weighted by molar-refractivity contribution is 0.553. The molecule has 2 heterocycles. The molecule has 0 saturated carbocycles. The Bertz CT molecular complexity index is 1120. The number of thiophene rings is 1. The molecule has 0 amide bonds. The topological polar surface area (TPSA) is 42.2 Å². The molecule has 4 rings (SSSR count). The first-order valence-electron chi connectivity index (χ1n) is 8.66. The van der Waals surface area contributed by atoms with Crippen LogP contribution in [-0.2, 0) is 6.54 Å². The molecule has 27 heavy (non-hydrogen) atoms. The number of benzene rings is 2. The van der Waals surface area contributed by atoms with Crippen molar-refractivity contribution < 1.29 is 4.42 Å². The molecular formula is C22H18ClNO2S. The van der Waals surface area contributed by atoms with Crippen molar-refractivity contribution in [2.75, 3.05) is 0 Å². The van der Waals surface area contributed by atoms with Gasteiger partial charge in [0.2, 0.25) is 0 Å². The Balaban J connectivity index is 1.71. The second-order valence-electron chi connectivity index (χ2n) is 6.43. The van der Waals surface area contributed by atoms with Crippen LogP contribution in [0.25, 0.3) is 11.0 Å². The number of fused-ring (bicyclic) bond motifs is 1. The zero-order valence-electron chi connectivity index (χ0n) is 14.7. The van der Waals surface area contributed by atoms with Gasteiger partial charge in [-0.05, 0) is 47.2 Å². The Hall–Kier alpha value is -2.40. The molecule has 0 fully saturated rings. The predicted molar refractivity (Wildman–Crippen MR) is 112 cm³/mol. The van der Waals surface area contributed by atoms with E-state index in [1.807, 2.05) is 43.3 Å². The van der Waals surface area contributed by atoms with Gasteiger partial charge < -0.3 is 9.73 Å². The van der Waals surface area contributed by atoms with Crippen molar-refractivity contribution in [3.05, 3.63) is 103 Å². The Morgan fingerprint density at radius 3 is 2.67 bits per heavy atom. The van der Waals surface area contributed by atoms with Crippen molar-refractivity contribution in [2.45, 2.75) is 19.5 Å². The molecule has 1 N–H and O–H groups in total. The van der Waals surface area contributed by atoms with Crippen LogP contribution in [0.15, 0.2) is 75.3 Å². The van der Waals surface area contributed by atoms with E-state index in [0.717, 1.165) is 16.5 Å². The number of nitrogens with one attached hydrogen (secondary N) is 1. The molecule has 0 aliphatic rings. The lowest BCUT2D eigenvalue weighted by Gasteiger charge is -2.19. The highest BCUT2D eigenvalue weighted by atomic mass is 35.5. The van der Waals surface area contributed by atoms with Crippen LogP contribution in [-0.4, -0.2) is 0 Å². The van der Waals surface area contributed by atoms with E-state index in [9.17, 15) is 4.79 Å². The van der Waals surface area contributed by atoms with Gasteiger partial charge in [-0.2, -0.15) is 0 Å². The highest BCUT2D eigenvalue weighted by Crippen LogP contribution is 2.28. The molecule has 0 unspecified atom stereocenters. The van der Waals surface area contributed by atoms with E-state index in [-0.39, 0.29) is 11.7 Å². The van der Waals surface area contributed by atoms with E-state index in [4.69, 9.17) is 16.0 Å². The number of hydrogen-bond donors (Lipinski definition) is 1. The minimum Gasteiger partial charge on any atom is -0.423 e. The lowest BCUT2D eigenvalue weighted by atomic mass is 10.0. The summed E-state index contributed by atoms with van der Waals surface area (Å²) in [5.74, 6) is 0. The van der Waals surface area contributed by atoms with Gasteiger partial charge >= 0.3 is 5.63 Å². The summed E-state index contributed by atoms with van der Waals surface area (Å²) in [6.07, 6.45) is 0. The fourth-order valence-corrected chi connectivity index (χ4v) is 4.18. The van der Waals surface area contributed by atoms with Crippen molar-refractivity contribution >= 4 is 33.9 Å². The van der Waals surface area contributed by atoms with Crippen molar-refractivity contribution in [1.29, 1.82) is 0 Å². The highest BCUT2D eigenvalue weighted by Gasteiger charge is 2.16. The smallest absolute Gasteiger partial charge is 0.336 e.